The van der Waals surface area contributed by atoms with E-state index in [1.165, 1.54) is 29.5 Å². The summed E-state index contributed by atoms with van der Waals surface area (Å²) in [5.41, 5.74) is 3.85. The number of fused-ring (bicyclic) bond motifs is 1. The SMILES string of the molecule is O=C(O)c1cnc(N2CCc3ccccc3C2)nc1Cc1ccc(F)cc1. The van der Waals surface area contributed by atoms with Crippen LogP contribution < -0.4 is 4.90 Å². The molecule has 136 valence electrons. The van der Waals surface area contributed by atoms with Crippen molar-refractivity contribution in [2.24, 2.45) is 0 Å². The smallest absolute Gasteiger partial charge is 0.339 e. The summed E-state index contributed by atoms with van der Waals surface area (Å²) in [6.07, 6.45) is 2.57. The molecule has 0 spiro atoms. The van der Waals surface area contributed by atoms with Crippen LogP contribution >= 0.6 is 0 Å². The van der Waals surface area contributed by atoms with Gasteiger partial charge < -0.3 is 10.0 Å². The topological polar surface area (TPSA) is 66.3 Å². The van der Waals surface area contributed by atoms with Crippen molar-refractivity contribution >= 4 is 11.9 Å². The third kappa shape index (κ3) is 3.65. The number of benzene rings is 2. The number of hydrogen-bond donors (Lipinski definition) is 1. The average Bonchev–Trinajstić information content (AvgIpc) is 2.69. The standard InChI is InChI=1S/C21H18FN3O2/c22-17-7-5-14(6-8-17)11-19-18(20(26)27)12-23-21(24-19)25-10-9-15-3-1-2-4-16(15)13-25/h1-8,12H,9-11,13H2,(H,26,27). The Bertz CT molecular complexity index is 989. The number of aromatic carboxylic acids is 1. The Balaban J connectivity index is 1.65. The van der Waals surface area contributed by atoms with E-state index in [1.807, 2.05) is 12.1 Å². The van der Waals surface area contributed by atoms with E-state index in [1.54, 1.807) is 12.1 Å². The molecule has 2 heterocycles. The van der Waals surface area contributed by atoms with Crippen LogP contribution in [0.4, 0.5) is 10.3 Å². The Morgan fingerprint density at radius 3 is 2.59 bits per heavy atom. The summed E-state index contributed by atoms with van der Waals surface area (Å²) in [7, 11) is 0. The summed E-state index contributed by atoms with van der Waals surface area (Å²) in [5, 5.41) is 9.47. The molecule has 0 fully saturated rings. The molecule has 1 aliphatic rings. The zero-order valence-corrected chi connectivity index (χ0v) is 14.6. The lowest BCUT2D eigenvalue weighted by Gasteiger charge is -2.29. The number of nitrogens with zero attached hydrogens (tertiary/aromatic N) is 3. The number of carbonyl (C=O) groups is 1. The normalized spacial score (nSPS) is 13.3. The van der Waals surface area contributed by atoms with Gasteiger partial charge in [-0.3, -0.25) is 0 Å². The molecule has 0 saturated heterocycles. The minimum atomic E-state index is -1.07. The molecule has 2 aromatic carbocycles. The third-order valence-corrected chi connectivity index (χ3v) is 4.78. The first-order valence-corrected chi connectivity index (χ1v) is 8.75. The number of anilines is 1. The van der Waals surface area contributed by atoms with E-state index in [0.717, 1.165) is 18.5 Å². The molecular weight excluding hydrogens is 345 g/mol. The fraction of sp³-hybridized carbons (Fsp3) is 0.190. The van der Waals surface area contributed by atoms with E-state index in [0.29, 0.717) is 24.6 Å². The molecule has 3 aromatic rings. The Hall–Kier alpha value is -3.28. The van der Waals surface area contributed by atoms with Crippen LogP contribution in [0.1, 0.15) is 32.7 Å². The molecule has 0 aliphatic carbocycles. The van der Waals surface area contributed by atoms with Gasteiger partial charge in [0, 0.05) is 25.7 Å². The van der Waals surface area contributed by atoms with E-state index >= 15 is 0 Å². The van der Waals surface area contributed by atoms with Gasteiger partial charge in [0.25, 0.3) is 0 Å². The predicted octanol–water partition coefficient (Wildman–Crippen LogP) is 3.47. The molecule has 1 N–H and O–H groups in total. The van der Waals surface area contributed by atoms with Gasteiger partial charge in [0.05, 0.1) is 11.3 Å². The monoisotopic (exact) mass is 363 g/mol. The van der Waals surface area contributed by atoms with Crippen LogP contribution in [0.2, 0.25) is 0 Å². The summed E-state index contributed by atoms with van der Waals surface area (Å²) >= 11 is 0. The number of carboxylic acids is 1. The number of carboxylic acid groups (broad SMARTS) is 1. The molecule has 27 heavy (non-hydrogen) atoms. The minimum absolute atomic E-state index is 0.0699. The molecule has 0 atom stereocenters. The summed E-state index contributed by atoms with van der Waals surface area (Å²) < 4.78 is 13.1. The zero-order chi connectivity index (χ0) is 18.8. The van der Waals surface area contributed by atoms with Crippen molar-refractivity contribution in [3.63, 3.8) is 0 Å². The molecular formula is C21H18FN3O2. The van der Waals surface area contributed by atoms with Crippen molar-refractivity contribution in [2.75, 3.05) is 11.4 Å². The lowest BCUT2D eigenvalue weighted by Crippen LogP contribution is -2.32. The molecule has 0 saturated carbocycles. The Kier molecular flexibility index (Phi) is 4.54. The summed E-state index contributed by atoms with van der Waals surface area (Å²) in [5.74, 6) is -0.873. The first kappa shape index (κ1) is 17.1. The number of halogens is 1. The molecule has 5 nitrogen and oxygen atoms in total. The fourth-order valence-corrected chi connectivity index (χ4v) is 3.33. The van der Waals surface area contributed by atoms with Gasteiger partial charge in [-0.2, -0.15) is 0 Å². The molecule has 0 radical (unpaired) electrons. The van der Waals surface area contributed by atoms with Gasteiger partial charge in [-0.15, -0.1) is 0 Å². The molecule has 1 aliphatic heterocycles. The van der Waals surface area contributed by atoms with Gasteiger partial charge in [-0.25, -0.2) is 19.2 Å². The van der Waals surface area contributed by atoms with E-state index in [4.69, 9.17) is 0 Å². The molecule has 1 aromatic heterocycles. The molecule has 6 heteroatoms. The van der Waals surface area contributed by atoms with Crippen molar-refractivity contribution in [1.29, 1.82) is 0 Å². The van der Waals surface area contributed by atoms with Crippen LogP contribution in [-0.4, -0.2) is 27.6 Å². The lowest BCUT2D eigenvalue weighted by atomic mass is 10.0. The predicted molar refractivity (Wildman–Crippen MR) is 99.4 cm³/mol. The van der Waals surface area contributed by atoms with E-state index in [-0.39, 0.29) is 11.4 Å². The van der Waals surface area contributed by atoms with Crippen molar-refractivity contribution in [1.82, 2.24) is 9.97 Å². The molecule has 0 unspecified atom stereocenters. The summed E-state index contributed by atoms with van der Waals surface area (Å²) in [6.45, 7) is 1.47. The highest BCUT2D eigenvalue weighted by atomic mass is 19.1. The minimum Gasteiger partial charge on any atom is -0.478 e. The second kappa shape index (κ2) is 7.15. The Morgan fingerprint density at radius 2 is 1.85 bits per heavy atom. The lowest BCUT2D eigenvalue weighted by molar-refractivity contribution is 0.0695. The molecule has 4 rings (SSSR count). The van der Waals surface area contributed by atoms with Crippen molar-refractivity contribution in [2.45, 2.75) is 19.4 Å². The first-order chi connectivity index (χ1) is 13.1. The van der Waals surface area contributed by atoms with Crippen LogP contribution in [0, 0.1) is 5.82 Å². The molecule has 0 amide bonds. The van der Waals surface area contributed by atoms with Crippen LogP contribution in [0.15, 0.2) is 54.7 Å². The van der Waals surface area contributed by atoms with Gasteiger partial charge >= 0.3 is 5.97 Å². The van der Waals surface area contributed by atoms with Crippen molar-refractivity contribution in [3.05, 3.63) is 88.5 Å². The number of rotatable bonds is 4. The second-order valence-corrected chi connectivity index (χ2v) is 6.58. The van der Waals surface area contributed by atoms with E-state index in [9.17, 15) is 14.3 Å². The van der Waals surface area contributed by atoms with Crippen LogP contribution in [0.5, 0.6) is 0 Å². The zero-order valence-electron chi connectivity index (χ0n) is 14.6. The number of hydrogen-bond acceptors (Lipinski definition) is 4. The van der Waals surface area contributed by atoms with Gasteiger partial charge in [-0.1, -0.05) is 36.4 Å². The van der Waals surface area contributed by atoms with Crippen molar-refractivity contribution < 1.29 is 14.3 Å². The highest BCUT2D eigenvalue weighted by molar-refractivity contribution is 5.88. The van der Waals surface area contributed by atoms with Gasteiger partial charge in [-0.05, 0) is 35.2 Å². The van der Waals surface area contributed by atoms with E-state index < -0.39 is 5.97 Å². The van der Waals surface area contributed by atoms with Gasteiger partial charge in [0.2, 0.25) is 5.95 Å². The maximum Gasteiger partial charge on any atom is 0.339 e. The summed E-state index contributed by atoms with van der Waals surface area (Å²) in [6, 6.07) is 14.3. The van der Waals surface area contributed by atoms with Gasteiger partial charge in [0.15, 0.2) is 0 Å². The largest absolute Gasteiger partial charge is 0.478 e. The highest BCUT2D eigenvalue weighted by Crippen LogP contribution is 2.23. The van der Waals surface area contributed by atoms with Crippen LogP contribution in [0.25, 0.3) is 0 Å². The Labute approximate surface area is 156 Å². The maximum absolute atomic E-state index is 13.1. The maximum atomic E-state index is 13.1. The van der Waals surface area contributed by atoms with E-state index in [2.05, 4.69) is 27.0 Å². The van der Waals surface area contributed by atoms with Crippen LogP contribution in [-0.2, 0) is 19.4 Å². The first-order valence-electron chi connectivity index (χ1n) is 8.75. The highest BCUT2D eigenvalue weighted by Gasteiger charge is 2.21. The number of aromatic nitrogens is 2. The van der Waals surface area contributed by atoms with Crippen molar-refractivity contribution in [3.8, 4) is 0 Å². The quantitative estimate of drug-likeness (QED) is 0.769. The second-order valence-electron chi connectivity index (χ2n) is 6.58. The van der Waals surface area contributed by atoms with Gasteiger partial charge in [0.1, 0.15) is 5.82 Å². The third-order valence-electron chi connectivity index (χ3n) is 4.78. The Morgan fingerprint density at radius 1 is 1.11 bits per heavy atom. The van der Waals surface area contributed by atoms with Crippen LogP contribution in [0.3, 0.4) is 0 Å². The average molecular weight is 363 g/mol. The molecule has 0 bridgehead atoms. The fourth-order valence-electron chi connectivity index (χ4n) is 3.33. The summed E-state index contributed by atoms with van der Waals surface area (Å²) in [4.78, 5) is 22.5.